The molecule has 2 N–H and O–H groups in total. The van der Waals surface area contributed by atoms with Crippen LogP contribution in [0.15, 0.2) is 53.6 Å². The molecule has 0 fully saturated rings. The highest BCUT2D eigenvalue weighted by Gasteiger charge is 2.07. The van der Waals surface area contributed by atoms with E-state index in [-0.39, 0.29) is 18.9 Å². The van der Waals surface area contributed by atoms with Gasteiger partial charge in [-0.1, -0.05) is 0 Å². The molecule has 0 spiro atoms. The van der Waals surface area contributed by atoms with E-state index in [1.54, 1.807) is 69.7 Å². The van der Waals surface area contributed by atoms with Crippen LogP contribution in [-0.4, -0.2) is 38.4 Å². The van der Waals surface area contributed by atoms with E-state index in [0.29, 0.717) is 28.6 Å². The molecular weight excluding hydrogens is 362 g/mol. The van der Waals surface area contributed by atoms with Crippen LogP contribution in [0.25, 0.3) is 0 Å². The van der Waals surface area contributed by atoms with Gasteiger partial charge in [0.05, 0.1) is 20.6 Å². The van der Waals surface area contributed by atoms with Crippen LogP contribution in [-0.2, 0) is 9.59 Å². The number of amides is 2. The first-order chi connectivity index (χ1) is 13.5. The summed E-state index contributed by atoms with van der Waals surface area (Å²) in [4.78, 5) is 23.8. The lowest BCUT2D eigenvalue weighted by molar-refractivity contribution is -0.123. The lowest BCUT2D eigenvalue weighted by atomic mass is 10.2. The maximum Gasteiger partial charge on any atom is 0.277 e. The van der Waals surface area contributed by atoms with Crippen molar-refractivity contribution in [1.29, 1.82) is 0 Å². The van der Waals surface area contributed by atoms with Crippen molar-refractivity contribution in [2.45, 2.75) is 13.3 Å². The first-order valence-corrected chi connectivity index (χ1v) is 8.53. The molecule has 2 rings (SSSR count). The summed E-state index contributed by atoms with van der Waals surface area (Å²) in [6.07, 6.45) is 0.0473. The molecule has 0 saturated carbocycles. The molecule has 0 atom stereocenters. The zero-order valence-electron chi connectivity index (χ0n) is 16.0. The van der Waals surface area contributed by atoms with E-state index >= 15 is 0 Å². The zero-order chi connectivity index (χ0) is 20.4. The first kappa shape index (κ1) is 20.8. The third-order valence-corrected chi connectivity index (χ3v) is 3.59. The molecule has 0 bridgehead atoms. The summed E-state index contributed by atoms with van der Waals surface area (Å²) in [5.41, 5.74) is 3.47. The lowest BCUT2D eigenvalue weighted by Gasteiger charge is -2.07. The molecule has 0 aliphatic carbocycles. The average Bonchev–Trinajstić information content (AvgIpc) is 2.71. The monoisotopic (exact) mass is 385 g/mol. The molecule has 8 heteroatoms. The van der Waals surface area contributed by atoms with Crippen molar-refractivity contribution in [3.63, 3.8) is 0 Å². The van der Waals surface area contributed by atoms with Crippen molar-refractivity contribution in [1.82, 2.24) is 5.43 Å². The van der Waals surface area contributed by atoms with Crippen molar-refractivity contribution in [2.75, 3.05) is 26.1 Å². The molecule has 0 aromatic heterocycles. The summed E-state index contributed by atoms with van der Waals surface area (Å²) in [5.74, 6) is 1.27. The minimum atomic E-state index is -0.425. The Bertz CT molecular complexity index is 817. The van der Waals surface area contributed by atoms with Crippen molar-refractivity contribution in [2.24, 2.45) is 5.10 Å². The van der Waals surface area contributed by atoms with E-state index < -0.39 is 5.91 Å². The maximum atomic E-state index is 12.0. The van der Waals surface area contributed by atoms with Crippen molar-refractivity contribution < 1.29 is 23.8 Å². The quantitative estimate of drug-likeness (QED) is 0.511. The number of hydrogen-bond donors (Lipinski definition) is 2. The van der Waals surface area contributed by atoms with Gasteiger partial charge in [-0.15, -0.1) is 0 Å². The smallest absolute Gasteiger partial charge is 0.277 e. The second kappa shape index (κ2) is 10.6. The SMILES string of the molecule is COc1ccc(NC(=O)CC(C)=NNC(=O)COc2ccc(OC)cc2)cc1. The number of benzene rings is 2. The molecule has 0 aliphatic heterocycles. The van der Waals surface area contributed by atoms with E-state index in [9.17, 15) is 9.59 Å². The fourth-order valence-electron chi connectivity index (χ4n) is 2.16. The number of methoxy groups -OCH3 is 2. The molecule has 0 aliphatic rings. The second-order valence-electron chi connectivity index (χ2n) is 5.80. The summed E-state index contributed by atoms with van der Waals surface area (Å²) in [7, 11) is 3.14. The molecule has 28 heavy (non-hydrogen) atoms. The number of hydrazone groups is 1. The highest BCUT2D eigenvalue weighted by atomic mass is 16.5. The molecule has 0 unspecified atom stereocenters. The van der Waals surface area contributed by atoms with Crippen molar-refractivity contribution in [3.8, 4) is 17.2 Å². The predicted molar refractivity (Wildman–Crippen MR) is 106 cm³/mol. The van der Waals surface area contributed by atoms with Gasteiger partial charge in [-0.2, -0.15) is 5.10 Å². The van der Waals surface area contributed by atoms with Gasteiger partial charge in [-0.25, -0.2) is 5.43 Å². The number of ether oxygens (including phenoxy) is 3. The number of rotatable bonds is 9. The Morgan fingerprint density at radius 2 is 1.39 bits per heavy atom. The average molecular weight is 385 g/mol. The number of nitrogens with one attached hydrogen (secondary N) is 2. The van der Waals surface area contributed by atoms with E-state index in [1.807, 2.05) is 0 Å². The van der Waals surface area contributed by atoms with Gasteiger partial charge in [-0.3, -0.25) is 9.59 Å². The Hall–Kier alpha value is -3.55. The largest absolute Gasteiger partial charge is 0.497 e. The lowest BCUT2D eigenvalue weighted by Crippen LogP contribution is -2.26. The summed E-state index contributed by atoms with van der Waals surface area (Å²) in [5, 5.41) is 6.65. The van der Waals surface area contributed by atoms with Gasteiger partial charge in [0.15, 0.2) is 6.61 Å². The highest BCUT2D eigenvalue weighted by molar-refractivity contribution is 6.05. The highest BCUT2D eigenvalue weighted by Crippen LogP contribution is 2.17. The number of anilines is 1. The topological polar surface area (TPSA) is 98.2 Å². The number of carbonyl (C=O) groups is 2. The standard InChI is InChI=1S/C20H23N3O5/c1-14(12-19(24)21-15-4-6-16(26-2)7-5-15)22-23-20(25)13-28-18-10-8-17(27-3)9-11-18/h4-11H,12-13H2,1-3H3,(H,21,24)(H,23,25). The van der Waals surface area contributed by atoms with Crippen LogP contribution in [0.1, 0.15) is 13.3 Å². The Morgan fingerprint density at radius 3 is 1.96 bits per heavy atom. The van der Waals surface area contributed by atoms with Gasteiger partial charge in [0.25, 0.3) is 5.91 Å². The van der Waals surface area contributed by atoms with E-state index in [2.05, 4.69) is 15.8 Å². The van der Waals surface area contributed by atoms with Gasteiger partial charge >= 0.3 is 0 Å². The number of hydrogen-bond acceptors (Lipinski definition) is 6. The minimum Gasteiger partial charge on any atom is -0.497 e. The normalized spacial score (nSPS) is 10.8. The van der Waals surface area contributed by atoms with Crippen LogP contribution in [0.2, 0.25) is 0 Å². The molecule has 2 aromatic carbocycles. The molecule has 2 amide bonds. The van der Waals surface area contributed by atoms with E-state index in [1.165, 1.54) is 0 Å². The third kappa shape index (κ3) is 6.99. The first-order valence-electron chi connectivity index (χ1n) is 8.53. The Balaban J connectivity index is 1.73. The molecule has 0 heterocycles. The third-order valence-electron chi connectivity index (χ3n) is 3.59. The minimum absolute atomic E-state index is 0.0473. The molecule has 0 radical (unpaired) electrons. The fraction of sp³-hybridized carbons (Fsp3) is 0.250. The Labute approximate surface area is 163 Å². The van der Waals surface area contributed by atoms with E-state index in [4.69, 9.17) is 14.2 Å². The summed E-state index contributed by atoms with van der Waals surface area (Å²) < 4.78 is 15.5. The second-order valence-corrected chi connectivity index (χ2v) is 5.80. The summed E-state index contributed by atoms with van der Waals surface area (Å²) in [6, 6.07) is 13.8. The van der Waals surface area contributed by atoms with Crippen LogP contribution in [0.3, 0.4) is 0 Å². The van der Waals surface area contributed by atoms with Crippen LogP contribution in [0.4, 0.5) is 5.69 Å². The molecule has 8 nitrogen and oxygen atoms in total. The van der Waals surface area contributed by atoms with Crippen molar-refractivity contribution >= 4 is 23.2 Å². The predicted octanol–water partition coefficient (Wildman–Crippen LogP) is 2.60. The fourth-order valence-corrected chi connectivity index (χ4v) is 2.16. The Kier molecular flexibility index (Phi) is 7.83. The van der Waals surface area contributed by atoms with Crippen LogP contribution in [0.5, 0.6) is 17.2 Å². The van der Waals surface area contributed by atoms with Gasteiger partial charge in [-0.05, 0) is 55.5 Å². The van der Waals surface area contributed by atoms with Crippen LogP contribution < -0.4 is 25.0 Å². The zero-order valence-corrected chi connectivity index (χ0v) is 16.0. The summed E-state index contributed by atoms with van der Waals surface area (Å²) in [6.45, 7) is 1.46. The van der Waals surface area contributed by atoms with Gasteiger partial charge in [0.2, 0.25) is 5.91 Å². The van der Waals surface area contributed by atoms with Gasteiger partial charge in [0.1, 0.15) is 17.2 Å². The molecule has 2 aromatic rings. The summed E-state index contributed by atoms with van der Waals surface area (Å²) >= 11 is 0. The van der Waals surface area contributed by atoms with Crippen molar-refractivity contribution in [3.05, 3.63) is 48.5 Å². The maximum absolute atomic E-state index is 12.0. The molecule has 0 saturated heterocycles. The van der Waals surface area contributed by atoms with E-state index in [0.717, 1.165) is 0 Å². The van der Waals surface area contributed by atoms with Gasteiger partial charge < -0.3 is 19.5 Å². The molecule has 148 valence electrons. The van der Waals surface area contributed by atoms with Crippen LogP contribution in [0, 0.1) is 0 Å². The Morgan fingerprint density at radius 1 is 0.857 bits per heavy atom. The van der Waals surface area contributed by atoms with Gasteiger partial charge in [0, 0.05) is 11.4 Å². The molecular formula is C20H23N3O5. The number of nitrogens with zero attached hydrogens (tertiary/aromatic N) is 1. The number of carbonyl (C=O) groups excluding carboxylic acids is 2. The van der Waals surface area contributed by atoms with Crippen LogP contribution >= 0.6 is 0 Å².